The van der Waals surface area contributed by atoms with E-state index in [1.807, 2.05) is 12.1 Å². The molecule has 4 nitrogen and oxygen atoms in total. The van der Waals surface area contributed by atoms with Gasteiger partial charge in [-0.25, -0.2) is 0 Å². The number of hydrogen-bond acceptors (Lipinski definition) is 3. The van der Waals surface area contributed by atoms with Crippen LogP contribution in [0, 0.1) is 0 Å². The van der Waals surface area contributed by atoms with E-state index in [9.17, 15) is 4.79 Å². The highest BCUT2D eigenvalue weighted by molar-refractivity contribution is 5.90. The van der Waals surface area contributed by atoms with Gasteiger partial charge in [-0.2, -0.15) is 0 Å². The van der Waals surface area contributed by atoms with Crippen LogP contribution in [-0.2, 0) is 4.79 Å². The topological polar surface area (TPSA) is 58.4 Å². The van der Waals surface area contributed by atoms with Crippen LogP contribution in [0.4, 0.5) is 11.4 Å². The number of benzene rings is 1. The molecule has 0 saturated carbocycles. The molecule has 1 amide bonds. The first-order chi connectivity index (χ1) is 10.1. The van der Waals surface area contributed by atoms with E-state index in [2.05, 4.69) is 31.0 Å². The first-order valence-corrected chi connectivity index (χ1v) is 7.96. The number of nitrogen functional groups attached to an aromatic ring is 1. The fraction of sp³-hybridized carbons (Fsp3) is 0.588. The zero-order chi connectivity index (χ0) is 15.7. The maximum absolute atomic E-state index is 12.0. The van der Waals surface area contributed by atoms with Gasteiger partial charge in [0.2, 0.25) is 5.91 Å². The van der Waals surface area contributed by atoms with Crippen molar-refractivity contribution in [1.29, 1.82) is 0 Å². The van der Waals surface area contributed by atoms with Crippen molar-refractivity contribution in [3.05, 3.63) is 24.3 Å². The smallest absolute Gasteiger partial charge is 0.225 e. The lowest BCUT2D eigenvalue weighted by Crippen LogP contribution is -2.36. The van der Waals surface area contributed by atoms with Gasteiger partial charge in [0.15, 0.2) is 0 Å². The van der Waals surface area contributed by atoms with Crippen LogP contribution >= 0.6 is 0 Å². The van der Waals surface area contributed by atoms with Crippen molar-refractivity contribution in [3.63, 3.8) is 0 Å². The average molecular weight is 291 g/mol. The van der Waals surface area contributed by atoms with Gasteiger partial charge in [0, 0.05) is 30.4 Å². The van der Waals surface area contributed by atoms with Crippen molar-refractivity contribution in [2.45, 2.75) is 52.5 Å². The number of hydrogen-bond donors (Lipinski definition) is 2. The molecule has 3 N–H and O–H groups in total. The summed E-state index contributed by atoms with van der Waals surface area (Å²) in [5.74, 6) is 0.0598. The van der Waals surface area contributed by atoms with Crippen molar-refractivity contribution in [3.8, 4) is 0 Å². The van der Waals surface area contributed by atoms with E-state index in [1.165, 1.54) is 12.8 Å². The van der Waals surface area contributed by atoms with E-state index in [1.54, 1.807) is 12.1 Å². The first kappa shape index (κ1) is 17.5. The molecule has 0 radical (unpaired) electrons. The predicted molar refractivity (Wildman–Crippen MR) is 90.3 cm³/mol. The van der Waals surface area contributed by atoms with Crippen molar-refractivity contribution in [1.82, 2.24) is 4.90 Å². The molecule has 21 heavy (non-hydrogen) atoms. The second-order valence-corrected chi connectivity index (χ2v) is 5.57. The van der Waals surface area contributed by atoms with Gasteiger partial charge in [-0.05, 0) is 50.6 Å². The number of nitrogens with zero attached hydrogens (tertiary/aromatic N) is 1. The van der Waals surface area contributed by atoms with Gasteiger partial charge in [-0.3, -0.25) is 4.79 Å². The molecule has 0 spiro atoms. The molecule has 0 fully saturated rings. The molecule has 0 aliphatic heterocycles. The monoisotopic (exact) mass is 291 g/mol. The number of carbonyl (C=O) groups is 1. The maximum Gasteiger partial charge on any atom is 0.225 e. The van der Waals surface area contributed by atoms with Gasteiger partial charge < -0.3 is 16.0 Å². The van der Waals surface area contributed by atoms with Crippen LogP contribution in [0.15, 0.2) is 24.3 Å². The molecule has 0 aliphatic rings. The minimum atomic E-state index is 0.0598. The van der Waals surface area contributed by atoms with Crippen LogP contribution < -0.4 is 11.1 Å². The number of amides is 1. The third-order valence-electron chi connectivity index (χ3n) is 3.83. The molecule has 1 rings (SSSR count). The molecule has 0 aromatic heterocycles. The fourth-order valence-electron chi connectivity index (χ4n) is 2.21. The van der Waals surface area contributed by atoms with E-state index in [4.69, 9.17) is 5.73 Å². The number of rotatable bonds is 9. The van der Waals surface area contributed by atoms with Crippen LogP contribution in [0.5, 0.6) is 0 Å². The minimum Gasteiger partial charge on any atom is -0.399 e. The predicted octanol–water partition coefficient (Wildman–Crippen LogP) is 3.50. The summed E-state index contributed by atoms with van der Waals surface area (Å²) in [4.78, 5) is 14.4. The van der Waals surface area contributed by atoms with Crippen LogP contribution in [0.1, 0.15) is 46.5 Å². The molecule has 1 aromatic carbocycles. The van der Waals surface area contributed by atoms with E-state index < -0.39 is 0 Å². The van der Waals surface area contributed by atoms with Gasteiger partial charge in [0.25, 0.3) is 0 Å². The second-order valence-electron chi connectivity index (χ2n) is 5.57. The molecule has 0 saturated heterocycles. The Morgan fingerprint density at radius 3 is 2.48 bits per heavy atom. The summed E-state index contributed by atoms with van der Waals surface area (Å²) in [5, 5.41) is 2.92. The average Bonchev–Trinajstić information content (AvgIpc) is 2.49. The Balaban J connectivity index is 2.43. The molecular weight excluding hydrogens is 262 g/mol. The molecule has 0 heterocycles. The largest absolute Gasteiger partial charge is 0.399 e. The second kappa shape index (κ2) is 9.40. The molecule has 1 aromatic rings. The summed E-state index contributed by atoms with van der Waals surface area (Å²) in [6, 6.07) is 7.78. The summed E-state index contributed by atoms with van der Waals surface area (Å²) >= 11 is 0. The zero-order valence-corrected chi connectivity index (χ0v) is 13.6. The number of nitrogens with two attached hydrogens (primary N) is 1. The van der Waals surface area contributed by atoms with Crippen LogP contribution in [-0.4, -0.2) is 29.9 Å². The lowest BCUT2D eigenvalue weighted by Gasteiger charge is -2.28. The van der Waals surface area contributed by atoms with E-state index in [0.717, 1.165) is 25.2 Å². The van der Waals surface area contributed by atoms with Gasteiger partial charge >= 0.3 is 0 Å². The Bertz CT molecular complexity index is 417. The summed E-state index contributed by atoms with van der Waals surface area (Å²) in [7, 11) is 0. The van der Waals surface area contributed by atoms with Crippen LogP contribution in [0.25, 0.3) is 0 Å². The SMILES string of the molecule is CCCCN(CCC(=O)Nc1ccc(N)cc1)C(C)CC. The van der Waals surface area contributed by atoms with E-state index in [-0.39, 0.29) is 5.91 Å². The summed E-state index contributed by atoms with van der Waals surface area (Å²) in [6.07, 6.45) is 4.01. The minimum absolute atomic E-state index is 0.0598. The maximum atomic E-state index is 12.0. The van der Waals surface area contributed by atoms with Gasteiger partial charge in [-0.1, -0.05) is 20.3 Å². The highest BCUT2D eigenvalue weighted by Gasteiger charge is 2.13. The fourth-order valence-corrected chi connectivity index (χ4v) is 2.21. The van der Waals surface area contributed by atoms with Crippen molar-refractivity contribution in [2.75, 3.05) is 24.1 Å². The summed E-state index contributed by atoms with van der Waals surface area (Å²) in [6.45, 7) is 8.50. The number of unbranched alkanes of at least 4 members (excludes halogenated alkanes) is 1. The Kier molecular flexibility index (Phi) is 7.83. The van der Waals surface area contributed by atoms with Gasteiger partial charge in [0.05, 0.1) is 0 Å². The summed E-state index contributed by atoms with van der Waals surface area (Å²) in [5.41, 5.74) is 7.14. The van der Waals surface area contributed by atoms with Gasteiger partial charge in [0.1, 0.15) is 0 Å². The normalized spacial score (nSPS) is 12.4. The Hall–Kier alpha value is -1.55. The standard InChI is InChI=1S/C17H29N3O/c1-4-6-12-20(14(3)5-2)13-11-17(21)19-16-9-7-15(18)8-10-16/h7-10,14H,4-6,11-13,18H2,1-3H3,(H,19,21). The third kappa shape index (κ3) is 6.63. The quantitative estimate of drug-likeness (QED) is 0.685. The highest BCUT2D eigenvalue weighted by Crippen LogP contribution is 2.11. The molecule has 1 unspecified atom stereocenters. The van der Waals surface area contributed by atoms with Crippen molar-refractivity contribution < 1.29 is 4.79 Å². The third-order valence-corrected chi connectivity index (χ3v) is 3.83. The summed E-state index contributed by atoms with van der Waals surface area (Å²) < 4.78 is 0. The number of carbonyl (C=O) groups excluding carboxylic acids is 1. The molecule has 118 valence electrons. The van der Waals surface area contributed by atoms with Crippen molar-refractivity contribution in [2.24, 2.45) is 0 Å². The highest BCUT2D eigenvalue weighted by atomic mass is 16.1. The van der Waals surface area contributed by atoms with Crippen molar-refractivity contribution >= 4 is 17.3 Å². The van der Waals surface area contributed by atoms with E-state index in [0.29, 0.717) is 18.2 Å². The van der Waals surface area contributed by atoms with Crippen LogP contribution in [0.3, 0.4) is 0 Å². The first-order valence-electron chi connectivity index (χ1n) is 7.96. The van der Waals surface area contributed by atoms with Gasteiger partial charge in [-0.15, -0.1) is 0 Å². The number of anilines is 2. The van der Waals surface area contributed by atoms with E-state index >= 15 is 0 Å². The molecule has 0 bridgehead atoms. The number of nitrogens with one attached hydrogen (secondary N) is 1. The molecule has 4 heteroatoms. The Morgan fingerprint density at radius 1 is 1.24 bits per heavy atom. The molecular formula is C17H29N3O. The Morgan fingerprint density at radius 2 is 1.90 bits per heavy atom. The zero-order valence-electron chi connectivity index (χ0n) is 13.6. The lowest BCUT2D eigenvalue weighted by molar-refractivity contribution is -0.116. The molecule has 0 aliphatic carbocycles. The lowest BCUT2D eigenvalue weighted by atomic mass is 10.2. The van der Waals surface area contributed by atoms with Crippen LogP contribution in [0.2, 0.25) is 0 Å². The Labute approximate surface area is 128 Å². The molecule has 1 atom stereocenters.